The molecule has 198 valence electrons. The zero-order chi connectivity index (χ0) is 27.5. The number of rotatable bonds is 10. The Kier molecular flexibility index (Phi) is 10.0. The van der Waals surface area contributed by atoms with Gasteiger partial charge in [-0.25, -0.2) is 4.39 Å². The van der Waals surface area contributed by atoms with E-state index in [-0.39, 0.29) is 19.4 Å². The van der Waals surface area contributed by atoms with Crippen LogP contribution in [-0.4, -0.2) is 48.6 Å². The first-order chi connectivity index (χ1) is 18.3. The molecule has 0 saturated carbocycles. The Labute approximate surface area is 219 Å². The van der Waals surface area contributed by atoms with Crippen molar-refractivity contribution < 1.29 is 28.9 Å². The summed E-state index contributed by atoms with van der Waals surface area (Å²) in [5.41, 5.74) is 6.86. The van der Waals surface area contributed by atoms with Gasteiger partial charge >= 0.3 is 11.9 Å². The van der Waals surface area contributed by atoms with Gasteiger partial charge in [-0.05, 0) is 66.9 Å². The smallest absolute Gasteiger partial charge is 0.303 e. The van der Waals surface area contributed by atoms with Gasteiger partial charge in [-0.15, -0.1) is 0 Å². The fourth-order valence-electron chi connectivity index (χ4n) is 3.55. The number of carboxylic acid groups (broad SMARTS) is 2. The molecule has 38 heavy (non-hydrogen) atoms. The van der Waals surface area contributed by atoms with Crippen LogP contribution in [-0.2, 0) is 22.7 Å². The highest BCUT2D eigenvalue weighted by atomic mass is 19.1. The van der Waals surface area contributed by atoms with Crippen molar-refractivity contribution in [3.63, 3.8) is 0 Å². The first-order valence-electron chi connectivity index (χ1n) is 11.9. The number of pyridine rings is 2. The Morgan fingerprint density at radius 1 is 0.974 bits per heavy atom. The minimum Gasteiger partial charge on any atom is -0.487 e. The Balaban J connectivity index is 0.000000436. The highest BCUT2D eigenvalue weighted by Crippen LogP contribution is 2.32. The summed E-state index contributed by atoms with van der Waals surface area (Å²) < 4.78 is 20.4. The molecule has 4 aromatic rings. The lowest BCUT2D eigenvalue weighted by Gasteiger charge is -2.09. The molecule has 10 heteroatoms. The molecular formula is C28H29FN4O5. The number of halogens is 1. The molecule has 0 saturated heterocycles. The number of alkyl halides is 1. The maximum atomic E-state index is 12.9. The lowest BCUT2D eigenvalue weighted by atomic mass is 10.0. The maximum Gasteiger partial charge on any atom is 0.303 e. The molecule has 1 aromatic carbocycles. The van der Waals surface area contributed by atoms with Crippen LogP contribution in [0.25, 0.3) is 22.4 Å². The SMILES string of the molecule is Cc1cnc(COc2ccc(-c3nn(CCF)cc3-c3ccncc3)cc2)c(C)c1.O=C(O)CCC(=O)O. The van der Waals surface area contributed by atoms with Gasteiger partial charge in [0.05, 0.1) is 25.1 Å². The fourth-order valence-corrected chi connectivity index (χ4v) is 3.55. The van der Waals surface area contributed by atoms with Crippen LogP contribution in [0.15, 0.2) is 67.3 Å². The molecule has 2 N–H and O–H groups in total. The quantitative estimate of drug-likeness (QED) is 0.295. The average molecular weight is 521 g/mol. The van der Waals surface area contributed by atoms with Crippen LogP contribution in [0.3, 0.4) is 0 Å². The molecule has 0 atom stereocenters. The molecule has 0 spiro atoms. The number of aliphatic carboxylic acids is 2. The maximum absolute atomic E-state index is 12.9. The third kappa shape index (κ3) is 8.22. The van der Waals surface area contributed by atoms with Crippen LogP contribution in [0.5, 0.6) is 5.75 Å². The van der Waals surface area contributed by atoms with E-state index in [4.69, 9.17) is 14.9 Å². The second-order valence-corrected chi connectivity index (χ2v) is 8.46. The summed E-state index contributed by atoms with van der Waals surface area (Å²) in [6.45, 7) is 4.24. The molecule has 0 amide bonds. The standard InChI is InChI=1S/C24H23FN4O.C4H6O4/c1-17-13-18(2)23(27-14-17)16-30-21-5-3-20(4-6-21)24-22(15-29(28-24)12-9-25)19-7-10-26-11-8-19;5-3(6)1-2-4(7)8/h3-8,10-11,13-15H,9,12,16H2,1-2H3;1-2H2,(H,5,6)(H,7,8). The number of hydrogen-bond acceptors (Lipinski definition) is 6. The van der Waals surface area contributed by atoms with Crippen LogP contribution < -0.4 is 4.74 Å². The second-order valence-electron chi connectivity index (χ2n) is 8.46. The molecular weight excluding hydrogens is 491 g/mol. The van der Waals surface area contributed by atoms with E-state index in [0.717, 1.165) is 45.0 Å². The largest absolute Gasteiger partial charge is 0.487 e. The third-order valence-electron chi connectivity index (χ3n) is 5.45. The van der Waals surface area contributed by atoms with Crippen molar-refractivity contribution in [1.29, 1.82) is 0 Å². The van der Waals surface area contributed by atoms with Gasteiger partial charge in [0.15, 0.2) is 0 Å². The van der Waals surface area contributed by atoms with Gasteiger partial charge in [0.1, 0.15) is 24.7 Å². The second kappa shape index (κ2) is 13.6. The number of benzene rings is 1. The normalized spacial score (nSPS) is 10.4. The number of nitrogens with zero attached hydrogens (tertiary/aromatic N) is 4. The Morgan fingerprint density at radius 2 is 1.63 bits per heavy atom. The molecule has 0 aliphatic carbocycles. The van der Waals surface area contributed by atoms with Crippen LogP contribution >= 0.6 is 0 Å². The fraction of sp³-hybridized carbons (Fsp3) is 0.250. The number of carbonyl (C=O) groups is 2. The van der Waals surface area contributed by atoms with Gasteiger partial charge in [-0.2, -0.15) is 5.10 Å². The van der Waals surface area contributed by atoms with Crippen molar-refractivity contribution in [1.82, 2.24) is 19.7 Å². The van der Waals surface area contributed by atoms with Crippen LogP contribution in [0.4, 0.5) is 4.39 Å². The van der Waals surface area contributed by atoms with Crippen molar-refractivity contribution in [2.24, 2.45) is 0 Å². The van der Waals surface area contributed by atoms with E-state index < -0.39 is 18.6 Å². The Morgan fingerprint density at radius 3 is 2.21 bits per heavy atom. The Hall–Kier alpha value is -4.60. The van der Waals surface area contributed by atoms with Crippen molar-refractivity contribution in [3.8, 4) is 28.1 Å². The number of aromatic nitrogens is 4. The minimum atomic E-state index is -1.08. The van der Waals surface area contributed by atoms with Gasteiger partial charge in [-0.1, -0.05) is 6.07 Å². The molecule has 0 bridgehead atoms. The van der Waals surface area contributed by atoms with E-state index in [1.807, 2.05) is 62.6 Å². The van der Waals surface area contributed by atoms with Crippen LogP contribution in [0, 0.1) is 13.8 Å². The minimum absolute atomic E-state index is 0.224. The van der Waals surface area contributed by atoms with E-state index in [1.165, 1.54) is 0 Å². The molecule has 3 heterocycles. The summed E-state index contributed by atoms with van der Waals surface area (Å²) in [6.07, 6.45) is 6.61. The van der Waals surface area contributed by atoms with E-state index in [0.29, 0.717) is 6.61 Å². The summed E-state index contributed by atoms with van der Waals surface area (Å²) in [4.78, 5) is 27.8. The van der Waals surface area contributed by atoms with E-state index in [1.54, 1.807) is 17.1 Å². The molecule has 9 nitrogen and oxygen atoms in total. The molecule has 0 fully saturated rings. The molecule has 0 aliphatic heterocycles. The average Bonchev–Trinajstić information content (AvgIpc) is 3.32. The van der Waals surface area contributed by atoms with Gasteiger partial charge in [0.25, 0.3) is 0 Å². The van der Waals surface area contributed by atoms with Crippen LogP contribution in [0.1, 0.15) is 29.7 Å². The summed E-state index contributed by atoms with van der Waals surface area (Å²) in [5.74, 6) is -1.39. The van der Waals surface area contributed by atoms with Crippen molar-refractivity contribution in [2.75, 3.05) is 6.67 Å². The van der Waals surface area contributed by atoms with Crippen molar-refractivity contribution in [2.45, 2.75) is 39.8 Å². The third-order valence-corrected chi connectivity index (χ3v) is 5.45. The van der Waals surface area contributed by atoms with Crippen molar-refractivity contribution in [3.05, 3.63) is 84.1 Å². The highest BCUT2D eigenvalue weighted by Gasteiger charge is 2.13. The first-order valence-corrected chi connectivity index (χ1v) is 11.9. The summed E-state index contributed by atoms with van der Waals surface area (Å²) >= 11 is 0. The molecule has 0 unspecified atom stereocenters. The first kappa shape index (κ1) is 28.0. The summed E-state index contributed by atoms with van der Waals surface area (Å²) in [6, 6.07) is 13.7. The highest BCUT2D eigenvalue weighted by molar-refractivity contribution is 5.80. The lowest BCUT2D eigenvalue weighted by molar-refractivity contribution is -0.143. The predicted octanol–water partition coefficient (Wildman–Crippen LogP) is 5.11. The van der Waals surface area contributed by atoms with E-state index in [9.17, 15) is 14.0 Å². The lowest BCUT2D eigenvalue weighted by Crippen LogP contribution is -2.01. The molecule has 0 aliphatic rings. The number of aryl methyl sites for hydroxylation is 3. The van der Waals surface area contributed by atoms with E-state index in [2.05, 4.69) is 21.1 Å². The van der Waals surface area contributed by atoms with Gasteiger partial charge in [-0.3, -0.25) is 24.2 Å². The zero-order valence-electron chi connectivity index (χ0n) is 21.2. The number of ether oxygens (including phenoxy) is 1. The zero-order valence-corrected chi connectivity index (χ0v) is 21.2. The van der Waals surface area contributed by atoms with E-state index >= 15 is 0 Å². The predicted molar refractivity (Wildman–Crippen MR) is 139 cm³/mol. The monoisotopic (exact) mass is 520 g/mol. The summed E-state index contributed by atoms with van der Waals surface area (Å²) in [5, 5.41) is 20.4. The number of carboxylic acids is 2. The molecule has 3 aromatic heterocycles. The molecule has 0 radical (unpaired) electrons. The number of hydrogen-bond donors (Lipinski definition) is 2. The van der Waals surface area contributed by atoms with Gasteiger partial charge in [0.2, 0.25) is 0 Å². The molecule has 4 rings (SSSR count). The van der Waals surface area contributed by atoms with Gasteiger partial charge in [0, 0.05) is 35.9 Å². The Bertz CT molecular complexity index is 1340. The van der Waals surface area contributed by atoms with Crippen molar-refractivity contribution >= 4 is 11.9 Å². The topological polar surface area (TPSA) is 127 Å². The van der Waals surface area contributed by atoms with Crippen LogP contribution in [0.2, 0.25) is 0 Å². The van der Waals surface area contributed by atoms with Gasteiger partial charge < -0.3 is 14.9 Å². The summed E-state index contributed by atoms with van der Waals surface area (Å²) in [7, 11) is 0.